The van der Waals surface area contributed by atoms with Gasteiger partial charge in [0.05, 0.1) is 10.5 Å². The standard InChI is InChI=1S/C15H19Cl2N3/c1-19-8-6-11(9-19)10-20-13-4-2-3-12(17)15(13)18-14(20)5-7-16/h2-4,11H,5-10H2,1H3. The smallest absolute Gasteiger partial charge is 0.111 e. The first kappa shape index (κ1) is 14.2. The number of likely N-dealkylation sites (tertiary alicyclic amines) is 1. The van der Waals surface area contributed by atoms with Gasteiger partial charge in [-0.05, 0) is 38.1 Å². The van der Waals surface area contributed by atoms with Crippen molar-refractivity contribution < 1.29 is 0 Å². The number of rotatable bonds is 4. The first-order valence-corrected chi connectivity index (χ1v) is 7.98. The summed E-state index contributed by atoms with van der Waals surface area (Å²) in [6.07, 6.45) is 2.03. The number of para-hydroxylation sites is 1. The third-order valence-electron chi connectivity index (χ3n) is 4.06. The highest BCUT2D eigenvalue weighted by atomic mass is 35.5. The van der Waals surface area contributed by atoms with E-state index in [1.54, 1.807) is 0 Å². The van der Waals surface area contributed by atoms with Gasteiger partial charge in [-0.15, -0.1) is 11.6 Å². The Kier molecular flexibility index (Phi) is 4.20. The molecular formula is C15H19Cl2N3. The summed E-state index contributed by atoms with van der Waals surface area (Å²) in [7, 11) is 2.18. The van der Waals surface area contributed by atoms with Gasteiger partial charge in [0, 0.05) is 25.4 Å². The Labute approximate surface area is 129 Å². The van der Waals surface area contributed by atoms with Gasteiger partial charge in [0.25, 0.3) is 0 Å². The molecule has 2 heterocycles. The van der Waals surface area contributed by atoms with Gasteiger partial charge in [-0.25, -0.2) is 4.98 Å². The summed E-state index contributed by atoms with van der Waals surface area (Å²) in [6.45, 7) is 3.34. The molecule has 3 nitrogen and oxygen atoms in total. The molecule has 0 spiro atoms. The molecule has 1 fully saturated rings. The monoisotopic (exact) mass is 311 g/mol. The topological polar surface area (TPSA) is 21.1 Å². The van der Waals surface area contributed by atoms with Crippen LogP contribution in [-0.2, 0) is 13.0 Å². The largest absolute Gasteiger partial charge is 0.328 e. The Morgan fingerprint density at radius 1 is 1.40 bits per heavy atom. The summed E-state index contributed by atoms with van der Waals surface area (Å²) in [5.41, 5.74) is 2.04. The van der Waals surface area contributed by atoms with Crippen molar-refractivity contribution in [2.24, 2.45) is 5.92 Å². The number of imidazole rings is 1. The van der Waals surface area contributed by atoms with E-state index < -0.39 is 0 Å². The zero-order chi connectivity index (χ0) is 14.1. The second-order valence-corrected chi connectivity index (χ2v) is 6.39. The lowest BCUT2D eigenvalue weighted by atomic mass is 10.1. The molecule has 1 atom stereocenters. The lowest BCUT2D eigenvalue weighted by Gasteiger charge is -2.14. The summed E-state index contributed by atoms with van der Waals surface area (Å²) < 4.78 is 2.31. The third kappa shape index (κ3) is 2.67. The van der Waals surface area contributed by atoms with Crippen molar-refractivity contribution in [2.75, 3.05) is 26.0 Å². The summed E-state index contributed by atoms with van der Waals surface area (Å²) in [4.78, 5) is 7.08. The van der Waals surface area contributed by atoms with Gasteiger partial charge in [-0.1, -0.05) is 17.7 Å². The van der Waals surface area contributed by atoms with Crippen molar-refractivity contribution in [3.05, 3.63) is 29.0 Å². The minimum absolute atomic E-state index is 0.589. The highest BCUT2D eigenvalue weighted by molar-refractivity contribution is 6.34. The number of aryl methyl sites for hydroxylation is 1. The van der Waals surface area contributed by atoms with Gasteiger partial charge in [-0.2, -0.15) is 0 Å². The van der Waals surface area contributed by atoms with Crippen LogP contribution in [0.4, 0.5) is 0 Å². The molecular weight excluding hydrogens is 293 g/mol. The Morgan fingerprint density at radius 2 is 2.25 bits per heavy atom. The lowest BCUT2D eigenvalue weighted by molar-refractivity contribution is 0.378. The van der Waals surface area contributed by atoms with Crippen molar-refractivity contribution >= 4 is 34.2 Å². The highest BCUT2D eigenvalue weighted by Gasteiger charge is 2.22. The van der Waals surface area contributed by atoms with Crippen LogP contribution in [0.2, 0.25) is 5.02 Å². The molecule has 0 bridgehead atoms. The van der Waals surface area contributed by atoms with E-state index in [4.69, 9.17) is 28.2 Å². The molecule has 20 heavy (non-hydrogen) atoms. The van der Waals surface area contributed by atoms with E-state index in [9.17, 15) is 0 Å². The number of hydrogen-bond donors (Lipinski definition) is 0. The third-order valence-corrected chi connectivity index (χ3v) is 4.55. The molecule has 1 aromatic carbocycles. The van der Waals surface area contributed by atoms with Crippen LogP contribution in [0, 0.1) is 5.92 Å². The van der Waals surface area contributed by atoms with E-state index in [-0.39, 0.29) is 0 Å². The van der Waals surface area contributed by atoms with Crippen LogP contribution >= 0.6 is 23.2 Å². The maximum absolute atomic E-state index is 6.27. The van der Waals surface area contributed by atoms with Gasteiger partial charge >= 0.3 is 0 Å². The molecule has 1 saturated heterocycles. The van der Waals surface area contributed by atoms with E-state index in [0.717, 1.165) is 41.4 Å². The van der Waals surface area contributed by atoms with Crippen LogP contribution in [0.3, 0.4) is 0 Å². The van der Waals surface area contributed by atoms with Crippen molar-refractivity contribution in [3.63, 3.8) is 0 Å². The molecule has 0 aliphatic carbocycles. The van der Waals surface area contributed by atoms with Crippen molar-refractivity contribution in [1.29, 1.82) is 0 Å². The Hall–Kier alpha value is -0.770. The minimum atomic E-state index is 0.589. The maximum atomic E-state index is 6.27. The maximum Gasteiger partial charge on any atom is 0.111 e. The van der Waals surface area contributed by atoms with Crippen molar-refractivity contribution in [2.45, 2.75) is 19.4 Å². The number of halogens is 2. The molecule has 0 amide bonds. The average Bonchev–Trinajstić information content (AvgIpc) is 2.97. The van der Waals surface area contributed by atoms with E-state index in [0.29, 0.717) is 11.8 Å². The Balaban J connectivity index is 1.98. The van der Waals surface area contributed by atoms with Gasteiger partial charge in [0.15, 0.2) is 0 Å². The second-order valence-electron chi connectivity index (χ2n) is 5.60. The van der Waals surface area contributed by atoms with Crippen molar-refractivity contribution in [3.8, 4) is 0 Å². The molecule has 0 saturated carbocycles. The molecule has 1 aliphatic rings. The number of nitrogens with zero attached hydrogens (tertiary/aromatic N) is 3. The fourth-order valence-electron chi connectivity index (χ4n) is 3.07. The molecule has 5 heteroatoms. The summed E-state index contributed by atoms with van der Waals surface area (Å²) >= 11 is 12.2. The SMILES string of the molecule is CN1CCC(Cn2c(CCCl)nc3c(Cl)cccc32)C1. The predicted molar refractivity (Wildman–Crippen MR) is 84.8 cm³/mol. The van der Waals surface area contributed by atoms with E-state index in [2.05, 4.69) is 22.6 Å². The lowest BCUT2D eigenvalue weighted by Crippen LogP contribution is -2.18. The van der Waals surface area contributed by atoms with Crippen LogP contribution in [-0.4, -0.2) is 40.5 Å². The van der Waals surface area contributed by atoms with Crippen LogP contribution in [0.25, 0.3) is 11.0 Å². The first-order chi connectivity index (χ1) is 9.69. The predicted octanol–water partition coefficient (Wildman–Crippen LogP) is 3.42. The number of fused-ring (bicyclic) bond motifs is 1. The van der Waals surface area contributed by atoms with E-state index >= 15 is 0 Å². The van der Waals surface area contributed by atoms with Gasteiger partial charge in [0.1, 0.15) is 11.3 Å². The Bertz CT molecular complexity index is 608. The molecule has 3 rings (SSSR count). The number of hydrogen-bond acceptors (Lipinski definition) is 2. The van der Waals surface area contributed by atoms with Crippen molar-refractivity contribution in [1.82, 2.24) is 14.5 Å². The molecule has 0 radical (unpaired) electrons. The quantitative estimate of drug-likeness (QED) is 0.807. The van der Waals surface area contributed by atoms with E-state index in [1.807, 2.05) is 12.1 Å². The number of benzene rings is 1. The summed E-state index contributed by atoms with van der Waals surface area (Å²) in [5.74, 6) is 2.33. The van der Waals surface area contributed by atoms with Crippen LogP contribution in [0.1, 0.15) is 12.2 Å². The molecule has 1 aliphatic heterocycles. The van der Waals surface area contributed by atoms with Gasteiger partial charge in [0.2, 0.25) is 0 Å². The summed E-state index contributed by atoms with van der Waals surface area (Å²) in [5, 5.41) is 0.723. The minimum Gasteiger partial charge on any atom is -0.328 e. The first-order valence-electron chi connectivity index (χ1n) is 7.07. The normalized spacial score (nSPS) is 20.1. The van der Waals surface area contributed by atoms with Gasteiger partial charge < -0.3 is 9.47 Å². The van der Waals surface area contributed by atoms with Crippen LogP contribution in [0.15, 0.2) is 18.2 Å². The molecule has 108 valence electrons. The fraction of sp³-hybridized carbons (Fsp3) is 0.533. The second kappa shape index (κ2) is 5.92. The van der Waals surface area contributed by atoms with Gasteiger partial charge in [-0.3, -0.25) is 0 Å². The fourth-order valence-corrected chi connectivity index (χ4v) is 3.45. The average molecular weight is 312 g/mol. The molecule has 1 unspecified atom stereocenters. The summed E-state index contributed by atoms with van der Waals surface area (Å²) in [6, 6.07) is 5.99. The number of alkyl halides is 1. The van der Waals surface area contributed by atoms with Crippen LogP contribution in [0.5, 0.6) is 0 Å². The van der Waals surface area contributed by atoms with Crippen LogP contribution < -0.4 is 0 Å². The molecule has 1 aromatic heterocycles. The Morgan fingerprint density at radius 3 is 2.95 bits per heavy atom. The van der Waals surface area contributed by atoms with E-state index in [1.165, 1.54) is 13.0 Å². The number of aromatic nitrogens is 2. The zero-order valence-corrected chi connectivity index (χ0v) is 13.2. The zero-order valence-electron chi connectivity index (χ0n) is 11.6. The molecule has 2 aromatic rings. The highest BCUT2D eigenvalue weighted by Crippen LogP contribution is 2.27. The molecule has 0 N–H and O–H groups in total.